The highest BCUT2D eigenvalue weighted by atomic mass is 16.5. The van der Waals surface area contributed by atoms with Gasteiger partial charge in [-0.15, -0.1) is 0 Å². The van der Waals surface area contributed by atoms with Crippen molar-refractivity contribution in [3.05, 3.63) is 18.7 Å². The van der Waals surface area contributed by atoms with Crippen molar-refractivity contribution in [1.82, 2.24) is 9.97 Å². The number of nitrogens with one attached hydrogen (secondary N) is 1. The largest absolute Gasteiger partial charge is 0.466 e. The zero-order chi connectivity index (χ0) is 9.23. The molecule has 1 rings (SSSR count). The number of ether oxygens (including phenoxy) is 1. The van der Waals surface area contributed by atoms with Gasteiger partial charge in [0.1, 0.15) is 0 Å². The first-order chi connectivity index (χ1) is 5.81. The molecule has 1 aromatic rings. The van der Waals surface area contributed by atoms with E-state index in [-0.39, 0.29) is 5.97 Å². The summed E-state index contributed by atoms with van der Waals surface area (Å²) in [6.45, 7) is 4.07. The van der Waals surface area contributed by atoms with Crippen molar-refractivity contribution in [2.45, 2.75) is 20.3 Å². The van der Waals surface area contributed by atoms with Crippen LogP contribution in [0.3, 0.4) is 0 Å². The second kappa shape index (κ2) is 7.78. The molecule has 0 fully saturated rings. The summed E-state index contributed by atoms with van der Waals surface area (Å²) >= 11 is 0. The molecule has 0 spiro atoms. The van der Waals surface area contributed by atoms with Crippen molar-refractivity contribution < 1.29 is 9.53 Å². The van der Waals surface area contributed by atoms with Crippen molar-refractivity contribution in [2.75, 3.05) is 6.61 Å². The lowest BCUT2D eigenvalue weighted by Crippen LogP contribution is -2.00. The van der Waals surface area contributed by atoms with E-state index in [0.717, 1.165) is 0 Å². The topological polar surface area (TPSA) is 55.0 Å². The lowest BCUT2D eigenvalue weighted by molar-refractivity contribution is -0.142. The number of H-pyrrole nitrogens is 1. The molecule has 0 aromatic carbocycles. The number of hydrogen-bond donors (Lipinski definition) is 1. The second-order valence-corrected chi connectivity index (χ2v) is 1.92. The first-order valence-corrected chi connectivity index (χ1v) is 3.89. The van der Waals surface area contributed by atoms with Crippen LogP contribution in [0.25, 0.3) is 0 Å². The van der Waals surface area contributed by atoms with Gasteiger partial charge in [-0.25, -0.2) is 4.98 Å². The summed E-state index contributed by atoms with van der Waals surface area (Å²) in [7, 11) is 0. The smallest absolute Gasteiger partial charge is 0.305 e. The van der Waals surface area contributed by atoms with Gasteiger partial charge in [0, 0.05) is 18.8 Å². The molecular formula is C8H14N2O2. The maximum absolute atomic E-state index is 10.2. The van der Waals surface area contributed by atoms with Crippen LogP contribution in [0.4, 0.5) is 0 Å². The Balaban J connectivity index is 0.000000211. The minimum Gasteiger partial charge on any atom is -0.466 e. The first-order valence-electron chi connectivity index (χ1n) is 3.89. The Morgan fingerprint density at radius 2 is 2.33 bits per heavy atom. The predicted octanol–water partition coefficient (Wildman–Crippen LogP) is 1.37. The summed E-state index contributed by atoms with van der Waals surface area (Å²) in [6, 6.07) is 0. The van der Waals surface area contributed by atoms with E-state index < -0.39 is 0 Å². The highest BCUT2D eigenvalue weighted by Gasteiger charge is 1.91. The van der Waals surface area contributed by atoms with E-state index in [9.17, 15) is 4.79 Å². The average Bonchev–Trinajstić information content (AvgIpc) is 2.62. The summed E-state index contributed by atoms with van der Waals surface area (Å²) in [6.07, 6.45) is 5.56. The van der Waals surface area contributed by atoms with Crippen LogP contribution >= 0.6 is 0 Å². The Hall–Kier alpha value is -1.32. The maximum Gasteiger partial charge on any atom is 0.305 e. The standard InChI is InChI=1S/C5H10O2.C3H4N2/c1-3-5(6)7-4-2;1-2-5-3-4-1/h3-4H2,1-2H3;1-3H,(H,4,5). The Morgan fingerprint density at radius 1 is 1.58 bits per heavy atom. The number of rotatable bonds is 2. The van der Waals surface area contributed by atoms with Crippen LogP contribution in [0.2, 0.25) is 0 Å². The quantitative estimate of drug-likeness (QED) is 0.682. The van der Waals surface area contributed by atoms with E-state index >= 15 is 0 Å². The SMILES string of the molecule is CCOC(=O)CC.c1c[nH]cn1. The van der Waals surface area contributed by atoms with Gasteiger partial charge in [0.05, 0.1) is 12.9 Å². The molecule has 1 aromatic heterocycles. The fourth-order valence-corrected chi connectivity index (χ4v) is 0.478. The lowest BCUT2D eigenvalue weighted by atomic mass is 10.5. The summed E-state index contributed by atoms with van der Waals surface area (Å²) in [5.74, 6) is -0.123. The highest BCUT2D eigenvalue weighted by molar-refractivity contribution is 5.68. The predicted molar refractivity (Wildman–Crippen MR) is 45.5 cm³/mol. The molecule has 0 saturated carbocycles. The normalized spacial score (nSPS) is 8.17. The van der Waals surface area contributed by atoms with Gasteiger partial charge >= 0.3 is 5.97 Å². The zero-order valence-electron chi connectivity index (χ0n) is 7.41. The molecule has 0 radical (unpaired) electrons. The van der Waals surface area contributed by atoms with E-state index in [1.165, 1.54) is 0 Å². The number of aromatic amines is 1. The van der Waals surface area contributed by atoms with E-state index in [1.54, 1.807) is 32.6 Å². The van der Waals surface area contributed by atoms with Crippen molar-refractivity contribution in [1.29, 1.82) is 0 Å². The average molecular weight is 170 g/mol. The Bertz CT molecular complexity index is 168. The van der Waals surface area contributed by atoms with Crippen LogP contribution in [0.15, 0.2) is 18.7 Å². The number of imidazole rings is 1. The molecule has 0 atom stereocenters. The fourth-order valence-electron chi connectivity index (χ4n) is 0.478. The summed E-state index contributed by atoms with van der Waals surface area (Å²) in [5.41, 5.74) is 0. The molecule has 68 valence electrons. The van der Waals surface area contributed by atoms with Gasteiger partial charge in [0.2, 0.25) is 0 Å². The van der Waals surface area contributed by atoms with Crippen LogP contribution in [0.5, 0.6) is 0 Å². The Morgan fingerprint density at radius 3 is 2.50 bits per heavy atom. The number of aromatic nitrogens is 2. The molecule has 0 aliphatic rings. The van der Waals surface area contributed by atoms with Gasteiger partial charge in [0.25, 0.3) is 0 Å². The van der Waals surface area contributed by atoms with Gasteiger partial charge in [-0.05, 0) is 6.92 Å². The number of carbonyl (C=O) groups is 1. The molecular weight excluding hydrogens is 156 g/mol. The molecule has 0 bridgehead atoms. The maximum atomic E-state index is 10.2. The number of esters is 1. The highest BCUT2D eigenvalue weighted by Crippen LogP contribution is 1.80. The van der Waals surface area contributed by atoms with Crippen LogP contribution in [-0.2, 0) is 9.53 Å². The monoisotopic (exact) mass is 170 g/mol. The lowest BCUT2D eigenvalue weighted by Gasteiger charge is -1.93. The van der Waals surface area contributed by atoms with Gasteiger partial charge in [-0.2, -0.15) is 0 Å². The van der Waals surface area contributed by atoms with Crippen molar-refractivity contribution >= 4 is 5.97 Å². The van der Waals surface area contributed by atoms with Gasteiger partial charge in [0.15, 0.2) is 0 Å². The van der Waals surface area contributed by atoms with E-state index in [1.807, 2.05) is 0 Å². The van der Waals surface area contributed by atoms with Gasteiger partial charge < -0.3 is 9.72 Å². The molecule has 0 aliphatic carbocycles. The molecule has 1 heterocycles. The third kappa shape index (κ3) is 6.80. The first kappa shape index (κ1) is 10.7. The molecule has 4 nitrogen and oxygen atoms in total. The minimum absolute atomic E-state index is 0.123. The van der Waals surface area contributed by atoms with Crippen molar-refractivity contribution in [2.24, 2.45) is 0 Å². The van der Waals surface area contributed by atoms with Crippen molar-refractivity contribution in [3.8, 4) is 0 Å². The minimum atomic E-state index is -0.123. The zero-order valence-corrected chi connectivity index (χ0v) is 7.41. The fraction of sp³-hybridized carbons (Fsp3) is 0.500. The molecule has 12 heavy (non-hydrogen) atoms. The summed E-state index contributed by atoms with van der Waals surface area (Å²) < 4.78 is 4.55. The summed E-state index contributed by atoms with van der Waals surface area (Å²) in [4.78, 5) is 16.6. The van der Waals surface area contributed by atoms with Crippen LogP contribution < -0.4 is 0 Å². The second-order valence-electron chi connectivity index (χ2n) is 1.92. The molecule has 1 N–H and O–H groups in total. The number of hydrogen-bond acceptors (Lipinski definition) is 3. The van der Waals surface area contributed by atoms with Crippen molar-refractivity contribution in [3.63, 3.8) is 0 Å². The third-order valence-corrected chi connectivity index (χ3v) is 1.000. The van der Waals surface area contributed by atoms with Crippen LogP contribution in [0.1, 0.15) is 20.3 Å². The number of carbonyl (C=O) groups excluding carboxylic acids is 1. The molecule has 0 saturated heterocycles. The van der Waals surface area contributed by atoms with Gasteiger partial charge in [-0.1, -0.05) is 6.92 Å². The van der Waals surface area contributed by atoms with E-state index in [0.29, 0.717) is 13.0 Å². The Kier molecular flexibility index (Phi) is 6.93. The van der Waals surface area contributed by atoms with Crippen LogP contribution in [-0.4, -0.2) is 22.5 Å². The third-order valence-electron chi connectivity index (χ3n) is 1.000. The summed E-state index contributed by atoms with van der Waals surface area (Å²) in [5, 5.41) is 0. The molecule has 0 amide bonds. The molecule has 0 aliphatic heterocycles. The molecule has 0 unspecified atom stereocenters. The Labute approximate surface area is 72.0 Å². The van der Waals surface area contributed by atoms with Crippen LogP contribution in [0, 0.1) is 0 Å². The van der Waals surface area contributed by atoms with Gasteiger partial charge in [-0.3, -0.25) is 4.79 Å². The van der Waals surface area contributed by atoms with E-state index in [2.05, 4.69) is 14.7 Å². The molecule has 4 heteroatoms. The number of nitrogens with zero attached hydrogens (tertiary/aromatic N) is 1. The van der Waals surface area contributed by atoms with E-state index in [4.69, 9.17) is 0 Å².